The summed E-state index contributed by atoms with van der Waals surface area (Å²) < 4.78 is 26.5. The lowest BCUT2D eigenvalue weighted by molar-refractivity contribution is -0.384. The summed E-state index contributed by atoms with van der Waals surface area (Å²) in [4.78, 5) is 35.5. The highest BCUT2D eigenvalue weighted by Gasteiger charge is 2.15. The van der Waals surface area contributed by atoms with E-state index in [1.165, 1.54) is 24.3 Å². The summed E-state index contributed by atoms with van der Waals surface area (Å²) >= 11 is 0. The number of benzene rings is 2. The molecule has 0 fully saturated rings. The minimum absolute atomic E-state index is 0.0329. The molecule has 2 rings (SSSR count). The van der Waals surface area contributed by atoms with E-state index in [2.05, 4.69) is 10.2 Å². The number of carbonyl (C=O) groups excluding carboxylic acids is 2. The van der Waals surface area contributed by atoms with E-state index in [1.807, 2.05) is 17.9 Å². The van der Waals surface area contributed by atoms with Gasteiger partial charge in [0, 0.05) is 31.3 Å². The Morgan fingerprint density at radius 2 is 1.36 bits per heavy atom. The molecule has 0 N–H and O–H groups in total. The molecule has 212 valence electrons. The first-order valence-electron chi connectivity index (χ1n) is 12.5. The molecular weight excluding hydrogens is 512 g/mol. The van der Waals surface area contributed by atoms with Crippen molar-refractivity contribution < 1.29 is 38.2 Å². The van der Waals surface area contributed by atoms with Gasteiger partial charge < -0.3 is 28.6 Å². The molecule has 0 spiro atoms. The zero-order valence-corrected chi connectivity index (χ0v) is 22.4. The average molecular weight is 547 g/mol. The average Bonchev–Trinajstić information content (AvgIpc) is 2.92. The molecule has 13 nitrogen and oxygen atoms in total. The molecule has 0 unspecified atom stereocenters. The van der Waals surface area contributed by atoms with Gasteiger partial charge in [0.05, 0.1) is 55.0 Å². The first-order chi connectivity index (χ1) is 18.9. The van der Waals surface area contributed by atoms with Gasteiger partial charge in [0.2, 0.25) is 0 Å². The van der Waals surface area contributed by atoms with E-state index in [0.29, 0.717) is 36.8 Å². The Morgan fingerprint density at radius 1 is 0.821 bits per heavy atom. The Morgan fingerprint density at radius 3 is 1.87 bits per heavy atom. The van der Waals surface area contributed by atoms with Crippen LogP contribution in [0.5, 0.6) is 5.75 Å². The topological polar surface area (TPSA) is 151 Å². The minimum Gasteiger partial charge on any atom is -0.492 e. The number of nitro groups is 1. The number of hydrogen-bond donors (Lipinski definition) is 0. The van der Waals surface area contributed by atoms with Crippen LogP contribution in [0.2, 0.25) is 0 Å². The van der Waals surface area contributed by atoms with Crippen LogP contribution in [0.1, 0.15) is 20.8 Å². The standard InChI is InChI=1S/C26H34N4O9/c1-4-37-24-17-21(28-27-20-7-10-22(11-8-20)30(33)34)9-12-23(24)29(13-15-35-18-25(31)38-5-2)14-16-36-19-26(32)39-6-3/h7-12,17H,4-6,13-16,18-19H2,1-3H3/b28-27+. The van der Waals surface area contributed by atoms with E-state index in [-0.39, 0.29) is 45.3 Å². The van der Waals surface area contributed by atoms with Gasteiger partial charge in [-0.1, -0.05) is 0 Å². The van der Waals surface area contributed by atoms with Crippen LogP contribution in [0.25, 0.3) is 0 Å². The van der Waals surface area contributed by atoms with Gasteiger partial charge in [-0.3, -0.25) is 10.1 Å². The first kappa shape index (κ1) is 31.1. The lowest BCUT2D eigenvalue weighted by atomic mass is 10.2. The predicted molar refractivity (Wildman–Crippen MR) is 142 cm³/mol. The van der Waals surface area contributed by atoms with Crippen molar-refractivity contribution >= 4 is 34.7 Å². The van der Waals surface area contributed by atoms with E-state index >= 15 is 0 Å². The van der Waals surface area contributed by atoms with Gasteiger partial charge in [-0.05, 0) is 45.0 Å². The molecule has 0 aliphatic heterocycles. The molecule has 2 aromatic rings. The summed E-state index contributed by atoms with van der Waals surface area (Å²) in [7, 11) is 0. The van der Waals surface area contributed by atoms with Crippen LogP contribution in [0.15, 0.2) is 52.7 Å². The van der Waals surface area contributed by atoms with Crippen LogP contribution >= 0.6 is 0 Å². The van der Waals surface area contributed by atoms with Crippen LogP contribution in [-0.2, 0) is 28.5 Å². The summed E-state index contributed by atoms with van der Waals surface area (Å²) in [5.74, 6) is -0.354. The van der Waals surface area contributed by atoms with Gasteiger partial charge in [0.1, 0.15) is 19.0 Å². The molecule has 0 saturated heterocycles. The number of nitro benzene ring substituents is 1. The highest BCUT2D eigenvalue weighted by molar-refractivity contribution is 5.71. The number of esters is 2. The highest BCUT2D eigenvalue weighted by atomic mass is 16.6. The SMILES string of the molecule is CCOC(=O)COCCN(CCOCC(=O)OCC)c1ccc(/N=N/c2ccc([N+](=O)[O-])cc2)cc1OCC. The Balaban J connectivity index is 2.15. The Labute approximate surface area is 226 Å². The summed E-state index contributed by atoms with van der Waals surface area (Å²) in [6.07, 6.45) is 0. The second-order valence-corrected chi connectivity index (χ2v) is 7.76. The summed E-state index contributed by atoms with van der Waals surface area (Å²) in [6.45, 7) is 7.15. The second-order valence-electron chi connectivity index (χ2n) is 7.76. The molecule has 0 radical (unpaired) electrons. The van der Waals surface area contributed by atoms with Gasteiger partial charge in [0.15, 0.2) is 0 Å². The van der Waals surface area contributed by atoms with Crippen LogP contribution in [0.3, 0.4) is 0 Å². The number of carbonyl (C=O) groups is 2. The number of nitrogens with zero attached hydrogens (tertiary/aromatic N) is 4. The van der Waals surface area contributed by atoms with Crippen LogP contribution < -0.4 is 9.64 Å². The lowest BCUT2D eigenvalue weighted by Gasteiger charge is -2.27. The molecule has 0 atom stereocenters. The molecule has 0 heterocycles. The van der Waals surface area contributed by atoms with Gasteiger partial charge in [-0.25, -0.2) is 9.59 Å². The van der Waals surface area contributed by atoms with Crippen LogP contribution in [0, 0.1) is 10.1 Å². The molecule has 0 aromatic heterocycles. The van der Waals surface area contributed by atoms with E-state index in [4.69, 9.17) is 23.7 Å². The van der Waals surface area contributed by atoms with Crippen molar-refractivity contribution in [2.75, 3.05) is 64.2 Å². The zero-order valence-electron chi connectivity index (χ0n) is 22.4. The fraction of sp³-hybridized carbons (Fsp3) is 0.462. The fourth-order valence-electron chi connectivity index (χ4n) is 3.27. The Hall–Kier alpha value is -4.10. The number of hydrogen-bond acceptors (Lipinski definition) is 12. The van der Waals surface area contributed by atoms with Crippen molar-refractivity contribution in [3.05, 3.63) is 52.6 Å². The lowest BCUT2D eigenvalue weighted by Crippen LogP contribution is -2.32. The van der Waals surface area contributed by atoms with Crippen molar-refractivity contribution in [3.8, 4) is 5.75 Å². The van der Waals surface area contributed by atoms with E-state index in [1.54, 1.807) is 26.0 Å². The number of azo groups is 1. The van der Waals surface area contributed by atoms with E-state index in [0.717, 1.165) is 5.69 Å². The minimum atomic E-state index is -0.483. The van der Waals surface area contributed by atoms with Gasteiger partial charge >= 0.3 is 11.9 Å². The molecular formula is C26H34N4O9. The van der Waals surface area contributed by atoms with Gasteiger partial charge in [0.25, 0.3) is 5.69 Å². The number of anilines is 1. The molecule has 0 bridgehead atoms. The first-order valence-corrected chi connectivity index (χ1v) is 12.5. The van der Waals surface area contributed by atoms with Crippen molar-refractivity contribution in [1.82, 2.24) is 0 Å². The fourth-order valence-corrected chi connectivity index (χ4v) is 3.27. The summed E-state index contributed by atoms with van der Waals surface area (Å²) in [5.41, 5.74) is 1.67. The predicted octanol–water partition coefficient (Wildman–Crippen LogP) is 4.37. The maximum absolute atomic E-state index is 11.6. The molecule has 0 aliphatic carbocycles. The van der Waals surface area contributed by atoms with Gasteiger partial charge in [-0.15, -0.1) is 0 Å². The molecule has 39 heavy (non-hydrogen) atoms. The van der Waals surface area contributed by atoms with E-state index in [9.17, 15) is 19.7 Å². The van der Waals surface area contributed by atoms with Crippen molar-refractivity contribution in [2.45, 2.75) is 20.8 Å². The van der Waals surface area contributed by atoms with Gasteiger partial charge in [-0.2, -0.15) is 10.2 Å². The van der Waals surface area contributed by atoms with Crippen molar-refractivity contribution in [3.63, 3.8) is 0 Å². The largest absolute Gasteiger partial charge is 0.492 e. The Bertz CT molecular complexity index is 1070. The third-order valence-electron chi connectivity index (χ3n) is 4.99. The van der Waals surface area contributed by atoms with Crippen LogP contribution in [0.4, 0.5) is 22.7 Å². The number of non-ortho nitro benzene ring substituents is 1. The summed E-state index contributed by atoms with van der Waals surface area (Å²) in [5, 5.41) is 19.2. The quantitative estimate of drug-likeness (QED) is 0.0866. The maximum atomic E-state index is 11.6. The normalized spacial score (nSPS) is 10.8. The molecule has 0 amide bonds. The molecule has 2 aromatic carbocycles. The maximum Gasteiger partial charge on any atom is 0.332 e. The Kier molecular flexibility index (Phi) is 13.9. The molecule has 0 aliphatic rings. The molecule has 13 heteroatoms. The monoisotopic (exact) mass is 546 g/mol. The highest BCUT2D eigenvalue weighted by Crippen LogP contribution is 2.33. The van der Waals surface area contributed by atoms with Crippen LogP contribution in [-0.4, -0.2) is 76.2 Å². The number of ether oxygens (including phenoxy) is 5. The van der Waals surface area contributed by atoms with Crippen molar-refractivity contribution in [2.24, 2.45) is 10.2 Å². The third kappa shape index (κ3) is 11.4. The zero-order chi connectivity index (χ0) is 28.5. The van der Waals surface area contributed by atoms with Crippen molar-refractivity contribution in [1.29, 1.82) is 0 Å². The summed E-state index contributed by atoms with van der Waals surface area (Å²) in [6, 6.07) is 11.0. The smallest absolute Gasteiger partial charge is 0.332 e. The second kappa shape index (κ2) is 17.4. The number of rotatable bonds is 18. The van der Waals surface area contributed by atoms with E-state index < -0.39 is 16.9 Å². The third-order valence-corrected chi connectivity index (χ3v) is 4.99. The molecule has 0 saturated carbocycles.